The lowest BCUT2D eigenvalue weighted by Crippen LogP contribution is -2.23. The van der Waals surface area contributed by atoms with Gasteiger partial charge in [-0.15, -0.1) is 0 Å². The van der Waals surface area contributed by atoms with Crippen LogP contribution in [0.15, 0.2) is 60.8 Å². The van der Waals surface area contributed by atoms with Gasteiger partial charge in [0.1, 0.15) is 17.7 Å². The van der Waals surface area contributed by atoms with Crippen LogP contribution in [-0.4, -0.2) is 21.6 Å². The number of rotatable bonds is 4. The zero-order valence-corrected chi connectivity index (χ0v) is 13.6. The summed E-state index contributed by atoms with van der Waals surface area (Å²) in [7, 11) is 0. The molecule has 130 valence electrons. The average Bonchev–Trinajstić information content (AvgIpc) is 3.18. The third kappa shape index (κ3) is 2.83. The smallest absolute Gasteiger partial charge is 0.251 e. The number of carbonyl (C=O) groups is 2. The van der Waals surface area contributed by atoms with E-state index in [4.69, 9.17) is 0 Å². The van der Waals surface area contributed by atoms with Crippen LogP contribution >= 0.6 is 0 Å². The summed E-state index contributed by atoms with van der Waals surface area (Å²) >= 11 is 0. The summed E-state index contributed by atoms with van der Waals surface area (Å²) in [5.41, 5.74) is 1.79. The van der Waals surface area contributed by atoms with Gasteiger partial charge in [0.2, 0.25) is 5.91 Å². The van der Waals surface area contributed by atoms with Crippen LogP contribution in [0.3, 0.4) is 0 Å². The number of fused-ring (bicyclic) bond motifs is 1. The van der Waals surface area contributed by atoms with Crippen LogP contribution in [-0.2, 0) is 9.59 Å². The van der Waals surface area contributed by atoms with Gasteiger partial charge >= 0.3 is 0 Å². The normalized spacial score (nSPS) is 15.4. The Morgan fingerprint density at radius 3 is 2.65 bits per heavy atom. The highest BCUT2D eigenvalue weighted by atomic mass is 19.1. The van der Waals surface area contributed by atoms with Gasteiger partial charge in [0, 0.05) is 5.56 Å². The van der Waals surface area contributed by atoms with Crippen molar-refractivity contribution < 1.29 is 14.0 Å². The molecule has 1 atom stereocenters. The number of para-hydroxylation sites is 1. The maximum absolute atomic E-state index is 13.7. The Morgan fingerprint density at radius 2 is 1.88 bits per heavy atom. The van der Waals surface area contributed by atoms with Crippen molar-refractivity contribution in [3.8, 4) is 11.1 Å². The van der Waals surface area contributed by atoms with E-state index >= 15 is 0 Å². The quantitative estimate of drug-likeness (QED) is 0.759. The molecule has 7 heteroatoms. The van der Waals surface area contributed by atoms with Gasteiger partial charge in [0.15, 0.2) is 0 Å². The van der Waals surface area contributed by atoms with Gasteiger partial charge in [-0.3, -0.25) is 9.59 Å². The Hall–Kier alpha value is -3.48. The van der Waals surface area contributed by atoms with E-state index in [0.717, 1.165) is 11.1 Å². The Kier molecular flexibility index (Phi) is 3.96. The largest absolute Gasteiger partial charge is 0.324 e. The van der Waals surface area contributed by atoms with Gasteiger partial charge in [-0.05, 0) is 17.7 Å². The number of amides is 2. The molecule has 4 rings (SSSR count). The predicted octanol–water partition coefficient (Wildman–Crippen LogP) is 3.21. The molecule has 2 amide bonds. The lowest BCUT2D eigenvalue weighted by atomic mass is 10.1. The number of nitrogens with zero attached hydrogens (tertiary/aromatic N) is 2. The number of nitrogens with one attached hydrogen (secondary N) is 2. The molecule has 3 aromatic rings. The van der Waals surface area contributed by atoms with Gasteiger partial charge in [0.25, 0.3) is 5.91 Å². The third-order valence-corrected chi connectivity index (χ3v) is 4.25. The molecule has 0 unspecified atom stereocenters. The van der Waals surface area contributed by atoms with Crippen molar-refractivity contribution in [1.82, 2.24) is 9.78 Å². The highest BCUT2D eigenvalue weighted by Gasteiger charge is 2.35. The van der Waals surface area contributed by atoms with Crippen molar-refractivity contribution in [3.63, 3.8) is 0 Å². The lowest BCUT2D eigenvalue weighted by Gasteiger charge is -2.10. The minimum absolute atomic E-state index is 0.0848. The Labute approximate surface area is 148 Å². The monoisotopic (exact) mass is 350 g/mol. The second kappa shape index (κ2) is 6.44. The highest BCUT2D eigenvalue weighted by molar-refractivity contribution is 6.04. The average molecular weight is 350 g/mol. The van der Waals surface area contributed by atoms with Gasteiger partial charge in [-0.25, -0.2) is 9.07 Å². The summed E-state index contributed by atoms with van der Waals surface area (Å²) in [5.74, 6) is -0.735. The fourth-order valence-electron chi connectivity index (χ4n) is 2.98. The predicted molar refractivity (Wildman–Crippen MR) is 95.0 cm³/mol. The molecule has 1 aromatic heterocycles. The zero-order valence-electron chi connectivity index (χ0n) is 13.6. The van der Waals surface area contributed by atoms with Crippen LogP contribution in [0, 0.1) is 5.82 Å². The molecule has 26 heavy (non-hydrogen) atoms. The van der Waals surface area contributed by atoms with Crippen molar-refractivity contribution in [3.05, 3.63) is 66.6 Å². The van der Waals surface area contributed by atoms with Crippen LogP contribution in [0.1, 0.15) is 12.5 Å². The minimum Gasteiger partial charge on any atom is -0.324 e. The first-order valence-corrected chi connectivity index (χ1v) is 8.11. The molecule has 0 aliphatic carbocycles. The molecular formula is C19H15FN4O2. The van der Waals surface area contributed by atoms with Crippen LogP contribution in [0.2, 0.25) is 0 Å². The maximum atomic E-state index is 13.7. The fourth-order valence-corrected chi connectivity index (χ4v) is 2.98. The standard InChI is InChI=1S/C19H15FN4O2/c20-14-8-4-5-9-15(14)22-17(25)10-16-19(26)23-18-13(11-21-24(16)18)12-6-2-1-3-7-12/h1-9,11,16H,10H2,(H,22,25)(H,23,26)/t16-/m0/s1. The van der Waals surface area contributed by atoms with Crippen molar-refractivity contribution in [2.45, 2.75) is 12.5 Å². The van der Waals surface area contributed by atoms with E-state index in [1.165, 1.54) is 22.9 Å². The molecule has 0 spiro atoms. The van der Waals surface area contributed by atoms with Crippen molar-refractivity contribution in [2.75, 3.05) is 10.6 Å². The van der Waals surface area contributed by atoms with Crippen molar-refractivity contribution in [2.24, 2.45) is 0 Å². The molecule has 1 aliphatic rings. The second-order valence-electron chi connectivity index (χ2n) is 5.95. The lowest BCUT2D eigenvalue weighted by molar-refractivity contribution is -0.123. The maximum Gasteiger partial charge on any atom is 0.251 e. The van der Waals surface area contributed by atoms with E-state index in [0.29, 0.717) is 5.82 Å². The number of hydrogen-bond donors (Lipinski definition) is 2. The summed E-state index contributed by atoms with van der Waals surface area (Å²) in [6.07, 6.45) is 1.52. The van der Waals surface area contributed by atoms with E-state index in [9.17, 15) is 14.0 Å². The SMILES string of the molecule is O=C(C[C@H]1C(=O)Nc2c(-c3ccccc3)cnn21)Nc1ccccc1F. The number of anilines is 2. The molecule has 0 radical (unpaired) electrons. The molecule has 0 fully saturated rings. The molecule has 2 N–H and O–H groups in total. The number of hydrogen-bond acceptors (Lipinski definition) is 3. The first-order valence-electron chi connectivity index (χ1n) is 8.11. The molecule has 0 saturated heterocycles. The van der Waals surface area contributed by atoms with Crippen molar-refractivity contribution in [1.29, 1.82) is 0 Å². The van der Waals surface area contributed by atoms with Gasteiger partial charge in [-0.1, -0.05) is 42.5 Å². The van der Waals surface area contributed by atoms with Crippen LogP contribution in [0.25, 0.3) is 11.1 Å². The summed E-state index contributed by atoms with van der Waals surface area (Å²) in [4.78, 5) is 24.6. The van der Waals surface area contributed by atoms with Gasteiger partial charge < -0.3 is 10.6 Å². The molecule has 6 nitrogen and oxygen atoms in total. The summed E-state index contributed by atoms with van der Waals surface area (Å²) in [5, 5.41) is 9.54. The topological polar surface area (TPSA) is 76.0 Å². The second-order valence-corrected chi connectivity index (χ2v) is 5.95. The van der Waals surface area contributed by atoms with E-state index in [1.807, 2.05) is 30.3 Å². The van der Waals surface area contributed by atoms with Crippen LogP contribution in [0.4, 0.5) is 15.9 Å². The number of halogens is 1. The Morgan fingerprint density at radius 1 is 1.15 bits per heavy atom. The number of benzene rings is 2. The molecule has 2 heterocycles. The molecular weight excluding hydrogens is 335 g/mol. The first kappa shape index (κ1) is 16.0. The first-order chi connectivity index (χ1) is 12.6. The van der Waals surface area contributed by atoms with Crippen molar-refractivity contribution >= 4 is 23.3 Å². The number of aromatic nitrogens is 2. The summed E-state index contributed by atoms with van der Waals surface area (Å²) in [6, 6.07) is 14.7. The van der Waals surface area contributed by atoms with Crippen LogP contribution in [0.5, 0.6) is 0 Å². The van der Waals surface area contributed by atoms with Gasteiger partial charge in [-0.2, -0.15) is 5.10 Å². The van der Waals surface area contributed by atoms with Crippen LogP contribution < -0.4 is 10.6 Å². The fraction of sp³-hybridized carbons (Fsp3) is 0.105. The minimum atomic E-state index is -0.769. The Balaban J connectivity index is 1.55. The molecule has 1 aliphatic heterocycles. The molecule has 0 saturated carbocycles. The Bertz CT molecular complexity index is 984. The molecule has 2 aromatic carbocycles. The zero-order chi connectivity index (χ0) is 18.1. The van der Waals surface area contributed by atoms with E-state index in [-0.39, 0.29) is 18.0 Å². The van der Waals surface area contributed by atoms with E-state index in [2.05, 4.69) is 15.7 Å². The third-order valence-electron chi connectivity index (χ3n) is 4.25. The number of carbonyl (C=O) groups excluding carboxylic acids is 2. The summed E-state index contributed by atoms with van der Waals surface area (Å²) < 4.78 is 15.2. The highest BCUT2D eigenvalue weighted by Crippen LogP contribution is 2.35. The molecule has 0 bridgehead atoms. The van der Waals surface area contributed by atoms with E-state index < -0.39 is 17.8 Å². The van der Waals surface area contributed by atoms with Gasteiger partial charge in [0.05, 0.1) is 18.3 Å². The van der Waals surface area contributed by atoms with E-state index in [1.54, 1.807) is 12.3 Å². The summed E-state index contributed by atoms with van der Waals surface area (Å²) in [6.45, 7) is 0.